The van der Waals surface area contributed by atoms with Crippen LogP contribution >= 0.6 is 34.8 Å². The zero-order valence-electron chi connectivity index (χ0n) is 24.0. The van der Waals surface area contributed by atoms with E-state index in [1.807, 2.05) is 76.2 Å². The average molecular weight is 624 g/mol. The molecule has 1 N–H and O–H groups in total. The zero-order chi connectivity index (χ0) is 28.1. The predicted molar refractivity (Wildman–Crippen MR) is 139 cm³/mol. The number of halogens is 3. The van der Waals surface area contributed by atoms with Crippen LogP contribution < -0.4 is 69.9 Å². The average Bonchev–Trinajstić information content (AvgIpc) is 3.32. The number of hydrogen-bond acceptors (Lipinski definition) is 7. The summed E-state index contributed by atoms with van der Waals surface area (Å²) >= 11 is 17.3. The molecule has 0 bridgehead atoms. The fraction of sp³-hybridized carbons (Fsp3) is 0.400. The van der Waals surface area contributed by atoms with Gasteiger partial charge in [0.2, 0.25) is 0 Å². The number of nitrogens with one attached hydrogen (secondary N) is 1. The maximum atomic E-state index is 11.9. The van der Waals surface area contributed by atoms with E-state index in [1.54, 1.807) is 0 Å². The van der Waals surface area contributed by atoms with Crippen LogP contribution in [-0.4, -0.2) is 36.6 Å². The summed E-state index contributed by atoms with van der Waals surface area (Å²) in [5, 5.41) is 11.2. The number of benzene rings is 2. The van der Waals surface area contributed by atoms with Crippen LogP contribution in [0.2, 0.25) is 10.0 Å². The van der Waals surface area contributed by atoms with Gasteiger partial charge in [-0.15, -0.1) is 11.6 Å². The quantitative estimate of drug-likeness (QED) is 0.143. The molecule has 14 heteroatoms. The first-order valence-corrected chi connectivity index (χ1v) is 12.3. The van der Waals surface area contributed by atoms with Crippen molar-refractivity contribution in [2.75, 3.05) is 13.2 Å². The summed E-state index contributed by atoms with van der Waals surface area (Å²) in [6, 6.07) is 15.0. The molecule has 0 aliphatic carbocycles. The van der Waals surface area contributed by atoms with Crippen LogP contribution in [0.3, 0.4) is 0 Å². The molecule has 0 aromatic heterocycles. The third-order valence-corrected chi connectivity index (χ3v) is 6.04. The van der Waals surface area contributed by atoms with Gasteiger partial charge in [-0.2, -0.15) is 0 Å². The molecule has 4 rings (SSSR count). The summed E-state index contributed by atoms with van der Waals surface area (Å²) in [5.74, 6) is 0.463. The molecule has 9 nitrogen and oxygen atoms in total. The summed E-state index contributed by atoms with van der Waals surface area (Å²) in [7, 11) is 0. The number of hydrogen-bond donors (Lipinski definition) is 1. The van der Waals surface area contributed by atoms with Crippen molar-refractivity contribution in [3.05, 3.63) is 69.7 Å². The van der Waals surface area contributed by atoms with Gasteiger partial charge in [-0.05, 0) is 51.0 Å². The second kappa shape index (κ2) is 20.5. The van der Waals surface area contributed by atoms with Gasteiger partial charge < -0.3 is 11.6 Å². The Hall–Kier alpha value is -0.400. The number of carbonyl (C=O) groups is 3. The minimum absolute atomic E-state index is 0. The van der Waals surface area contributed by atoms with Crippen molar-refractivity contribution >= 4 is 53.1 Å². The first kappa shape index (κ1) is 40.7. The molecule has 2 amide bonds. The molecular weight excluding hydrogens is 593 g/mol. The van der Waals surface area contributed by atoms with Crippen LogP contribution in [0.1, 0.15) is 40.2 Å². The first-order valence-electron chi connectivity index (χ1n) is 11.0. The molecule has 2 aliphatic rings. The van der Waals surface area contributed by atoms with Crippen LogP contribution in [0.4, 0.5) is 0 Å². The van der Waals surface area contributed by atoms with E-state index in [-0.39, 0.29) is 84.2 Å². The Bertz CT molecular complexity index is 1050. The second-order valence-corrected chi connectivity index (χ2v) is 10.2. The fourth-order valence-corrected chi connectivity index (χ4v) is 3.39. The Morgan fingerprint density at radius 2 is 1.46 bits per heavy atom. The van der Waals surface area contributed by atoms with Gasteiger partial charge in [0, 0.05) is 15.9 Å². The third-order valence-electron chi connectivity index (χ3n) is 5.01. The maximum absolute atomic E-state index is 11.9. The van der Waals surface area contributed by atoms with Crippen LogP contribution in [0.15, 0.2) is 48.5 Å². The number of carbonyl (C=O) groups excluding carboxylic acids is 3. The van der Waals surface area contributed by atoms with Crippen molar-refractivity contribution in [1.29, 1.82) is 0 Å². The van der Waals surface area contributed by atoms with Crippen molar-refractivity contribution in [2.24, 2.45) is 10.8 Å². The molecule has 39 heavy (non-hydrogen) atoms. The molecule has 0 spiro atoms. The van der Waals surface area contributed by atoms with Gasteiger partial charge in [-0.3, -0.25) is 24.1 Å². The summed E-state index contributed by atoms with van der Waals surface area (Å²) in [6.07, 6.45) is 0. The standard InChI is InChI=1S/C12H14ClNO2.C7H6Cl2.C5H9NO2.CH2O3.2Na.H/c1-12(2)8-16-14(11(12)15)7-9-5-3-4-6-10(9)13;8-5-6-3-1-2-4-7(6)9;1-5(2)3-8-6-4(5)7;2-1-4-3;;;/h3-6H,7-8H2,1-2H3;1-4H,5H2;3H2,1-2H3,(H,6,7);1,3H;;;/q;;;;2*+1;-1/p-1. The summed E-state index contributed by atoms with van der Waals surface area (Å²) in [4.78, 5) is 43.8. The second-order valence-electron chi connectivity index (χ2n) is 9.11. The van der Waals surface area contributed by atoms with Gasteiger partial charge >= 0.3 is 59.1 Å². The number of rotatable bonds is 4. The van der Waals surface area contributed by atoms with E-state index in [0.717, 1.165) is 16.1 Å². The maximum Gasteiger partial charge on any atom is 1.00 e. The SMILES string of the molecule is CC1(C)CON(Cc2ccccc2Cl)C1=O.CC1(C)CONC1=O.ClCc1ccccc1Cl.O=CO[O-].[H-].[Na+].[Na+]. The van der Waals surface area contributed by atoms with Gasteiger partial charge in [0.15, 0.2) is 0 Å². The number of amides is 2. The van der Waals surface area contributed by atoms with E-state index in [0.29, 0.717) is 30.7 Å². The van der Waals surface area contributed by atoms with E-state index >= 15 is 0 Å². The Balaban J connectivity index is -0.000000493. The largest absolute Gasteiger partial charge is 1.00 e. The number of hydroxylamine groups is 3. The fourth-order valence-electron chi connectivity index (χ4n) is 2.69. The van der Waals surface area contributed by atoms with Crippen molar-refractivity contribution in [1.82, 2.24) is 10.5 Å². The van der Waals surface area contributed by atoms with E-state index in [1.165, 1.54) is 5.06 Å². The van der Waals surface area contributed by atoms with Crippen LogP contribution in [0.25, 0.3) is 0 Å². The Labute approximate surface area is 289 Å². The normalized spacial score (nSPS) is 15.8. The molecule has 2 aliphatic heterocycles. The van der Waals surface area contributed by atoms with Gasteiger partial charge in [-0.25, -0.2) is 10.5 Å². The predicted octanol–water partition coefficient (Wildman–Crippen LogP) is -1.65. The van der Waals surface area contributed by atoms with Gasteiger partial charge in [0.25, 0.3) is 18.3 Å². The summed E-state index contributed by atoms with van der Waals surface area (Å²) in [6.45, 7) is 8.57. The molecule has 0 radical (unpaired) electrons. The van der Waals surface area contributed by atoms with Crippen LogP contribution in [0, 0.1) is 10.8 Å². The molecule has 0 atom stereocenters. The molecule has 2 aromatic rings. The van der Waals surface area contributed by atoms with E-state index in [4.69, 9.17) is 49.7 Å². The van der Waals surface area contributed by atoms with Crippen molar-refractivity contribution in [3.8, 4) is 0 Å². The van der Waals surface area contributed by atoms with E-state index < -0.39 is 5.41 Å². The molecule has 2 fully saturated rings. The zero-order valence-corrected chi connectivity index (χ0v) is 29.2. The third kappa shape index (κ3) is 14.4. The minimum Gasteiger partial charge on any atom is -1.00 e. The minimum atomic E-state index is -0.429. The van der Waals surface area contributed by atoms with Crippen LogP contribution in [0.5, 0.6) is 0 Å². The van der Waals surface area contributed by atoms with Gasteiger partial charge in [0.1, 0.15) is 0 Å². The molecule has 206 valence electrons. The molecule has 2 aromatic carbocycles. The molecule has 0 saturated carbocycles. The number of nitrogens with zero attached hydrogens (tertiary/aromatic N) is 1. The molecular formula is C25H31Cl3N2Na2O7. The summed E-state index contributed by atoms with van der Waals surface area (Å²) in [5.41, 5.74) is 3.41. The van der Waals surface area contributed by atoms with Crippen LogP contribution in [-0.2, 0) is 41.4 Å². The van der Waals surface area contributed by atoms with Crippen molar-refractivity contribution in [3.63, 3.8) is 0 Å². The van der Waals surface area contributed by atoms with Gasteiger partial charge in [-0.1, -0.05) is 59.6 Å². The van der Waals surface area contributed by atoms with Gasteiger partial charge in [0.05, 0.1) is 30.6 Å². The summed E-state index contributed by atoms with van der Waals surface area (Å²) < 4.78 is 0. The first-order chi connectivity index (χ1) is 17.4. The van der Waals surface area contributed by atoms with E-state index in [9.17, 15) is 9.59 Å². The molecule has 2 heterocycles. The van der Waals surface area contributed by atoms with E-state index in [2.05, 4.69) is 15.2 Å². The topological polar surface area (TPSA) is 117 Å². The molecule has 2 saturated heterocycles. The Morgan fingerprint density at radius 3 is 1.74 bits per heavy atom. The molecule has 0 unspecified atom stereocenters. The van der Waals surface area contributed by atoms with Crippen molar-refractivity contribution in [2.45, 2.75) is 40.1 Å². The monoisotopic (exact) mass is 622 g/mol. The Kier molecular flexibility index (Phi) is 21.4. The Morgan fingerprint density at radius 1 is 0.974 bits per heavy atom. The van der Waals surface area contributed by atoms with Crippen molar-refractivity contribution < 1.29 is 94.7 Å². The smallest absolute Gasteiger partial charge is 1.00 e. The number of alkyl halides is 1.